The third-order valence-corrected chi connectivity index (χ3v) is 8.34. The number of nitrogens with one attached hydrogen (secondary N) is 3. The van der Waals surface area contributed by atoms with Gasteiger partial charge in [-0.1, -0.05) is 31.4 Å². The molecule has 1 saturated carbocycles. The molecule has 202 valence electrons. The maximum atomic E-state index is 13.4. The fourth-order valence-electron chi connectivity index (χ4n) is 5.41. The predicted molar refractivity (Wildman–Crippen MR) is 159 cm³/mol. The Morgan fingerprint density at radius 2 is 1.88 bits per heavy atom. The number of pyridine rings is 1. The number of nitrogens with zero attached hydrogens (tertiary/aromatic N) is 2. The molecule has 0 radical (unpaired) electrons. The molecule has 2 atom stereocenters. The smallest absolute Gasteiger partial charge is 0.263 e. The summed E-state index contributed by atoms with van der Waals surface area (Å²) in [5.41, 5.74) is 4.23. The Balaban J connectivity index is 1.32. The normalized spacial score (nSPS) is 16.7. The molecule has 1 fully saturated rings. The van der Waals surface area contributed by atoms with E-state index in [1.165, 1.54) is 17.4 Å². The molecule has 0 bridgehead atoms. The summed E-state index contributed by atoms with van der Waals surface area (Å²) in [6.07, 6.45) is 5.33. The fraction of sp³-hybridized carbons (Fsp3) is 0.194. The number of hydrogen-bond donors (Lipinski definition) is 3. The molecule has 0 saturated heterocycles. The number of aryl methyl sites for hydroxylation is 1. The van der Waals surface area contributed by atoms with E-state index in [0.717, 1.165) is 56.8 Å². The molecule has 40 heavy (non-hydrogen) atoms. The summed E-state index contributed by atoms with van der Waals surface area (Å²) in [6.45, 7) is 9.85. The lowest BCUT2D eigenvalue weighted by atomic mass is 10.1. The van der Waals surface area contributed by atoms with Crippen LogP contribution < -0.4 is 20.9 Å². The highest BCUT2D eigenvalue weighted by molar-refractivity contribution is 7.21. The Labute approximate surface area is 235 Å². The summed E-state index contributed by atoms with van der Waals surface area (Å²) in [5.74, 6) is 1.18. The molecule has 9 heteroatoms. The molecule has 2 aromatic carbocycles. The number of aromatic amines is 1. The van der Waals surface area contributed by atoms with E-state index in [9.17, 15) is 9.59 Å². The van der Waals surface area contributed by atoms with Gasteiger partial charge in [0, 0.05) is 18.3 Å². The number of para-hydroxylation sites is 1. The second-order valence-corrected chi connectivity index (χ2v) is 11.0. The van der Waals surface area contributed by atoms with Crippen molar-refractivity contribution in [3.63, 3.8) is 0 Å². The molecule has 0 unspecified atom stereocenters. The number of carbonyl (C=O) groups is 2. The van der Waals surface area contributed by atoms with Crippen LogP contribution in [0.15, 0.2) is 73.4 Å². The molecular formula is C31H29N5O3S. The number of rotatable bonds is 7. The highest BCUT2D eigenvalue weighted by Crippen LogP contribution is 2.35. The summed E-state index contributed by atoms with van der Waals surface area (Å²) in [7, 11) is 0. The lowest BCUT2D eigenvalue weighted by molar-refractivity contribution is -0.117. The quantitative estimate of drug-likeness (QED) is 0.239. The maximum absolute atomic E-state index is 13.4. The van der Waals surface area contributed by atoms with Crippen LogP contribution in [0.3, 0.4) is 0 Å². The molecule has 0 spiro atoms. The minimum absolute atomic E-state index is 0.0185. The van der Waals surface area contributed by atoms with E-state index in [2.05, 4.69) is 38.3 Å². The lowest BCUT2D eigenvalue weighted by Crippen LogP contribution is -2.36. The van der Waals surface area contributed by atoms with Crippen LogP contribution >= 0.6 is 11.3 Å². The monoisotopic (exact) mass is 551 g/mol. The maximum Gasteiger partial charge on any atom is 0.263 e. The first kappa shape index (κ1) is 25.6. The van der Waals surface area contributed by atoms with Gasteiger partial charge in [-0.15, -0.1) is 11.3 Å². The number of thiophene rings is 1. The van der Waals surface area contributed by atoms with Gasteiger partial charge in [0.05, 0.1) is 22.1 Å². The highest BCUT2D eigenvalue weighted by atomic mass is 32.1. The van der Waals surface area contributed by atoms with Crippen LogP contribution in [0.25, 0.3) is 33.5 Å². The molecule has 0 aliphatic heterocycles. The molecule has 8 nitrogen and oxygen atoms in total. The molecule has 6 rings (SSSR count). The molecule has 3 aromatic heterocycles. The minimum Gasteiger partial charge on any atom is -0.457 e. The van der Waals surface area contributed by atoms with Crippen molar-refractivity contribution in [2.45, 2.75) is 38.3 Å². The van der Waals surface area contributed by atoms with Gasteiger partial charge >= 0.3 is 0 Å². The van der Waals surface area contributed by atoms with Gasteiger partial charge in [-0.3, -0.25) is 14.2 Å². The molecule has 1 aliphatic carbocycles. The van der Waals surface area contributed by atoms with Crippen molar-refractivity contribution < 1.29 is 14.3 Å². The van der Waals surface area contributed by atoms with E-state index in [1.807, 2.05) is 61.5 Å². The zero-order valence-corrected chi connectivity index (χ0v) is 22.9. The van der Waals surface area contributed by atoms with Crippen molar-refractivity contribution in [2.75, 3.05) is 0 Å². The van der Waals surface area contributed by atoms with Gasteiger partial charge in [-0.05, 0) is 74.2 Å². The average molecular weight is 552 g/mol. The molecular weight excluding hydrogens is 522 g/mol. The third-order valence-electron chi connectivity index (χ3n) is 7.24. The van der Waals surface area contributed by atoms with Gasteiger partial charge in [0.2, 0.25) is 5.91 Å². The number of carbonyl (C=O) groups excluding carboxylic acids is 2. The Morgan fingerprint density at radius 1 is 1.10 bits per heavy atom. The Bertz CT molecular complexity index is 1820. The van der Waals surface area contributed by atoms with Crippen LogP contribution in [0.1, 0.15) is 34.5 Å². The SMILES string of the molecule is C=CC(=O)N[C@H]1CC[C@@H](NC(=O)c2sc3nccc4c3c2[nH]c(=C)n4-c2ccc(Oc3ccccc3)cc2C)C1. The van der Waals surface area contributed by atoms with Crippen molar-refractivity contribution >= 4 is 51.0 Å². The Kier molecular flexibility index (Phi) is 6.73. The van der Waals surface area contributed by atoms with Crippen molar-refractivity contribution in [3.8, 4) is 17.2 Å². The number of H-pyrrole nitrogens is 1. The van der Waals surface area contributed by atoms with Crippen LogP contribution in [-0.2, 0) is 4.79 Å². The first-order valence-electron chi connectivity index (χ1n) is 13.2. The van der Waals surface area contributed by atoms with Crippen molar-refractivity contribution in [2.24, 2.45) is 0 Å². The standard InChI is InChI=1S/C31H29N5O3S/c1-4-26(37)34-20-10-11-21(17-20)35-30(38)29-28-27-25(14-15-32-31(27)40-29)36(19(3)33-28)24-13-12-23(16-18(24)2)39-22-8-6-5-7-9-22/h4-9,12-16,20-21,33H,1,3,10-11,17H2,2H3,(H,34,37)(H,35,38)/t20-,21+/m0/s1. The summed E-state index contributed by atoms with van der Waals surface area (Å²) in [4.78, 5) is 34.4. The van der Waals surface area contributed by atoms with E-state index in [1.54, 1.807) is 6.20 Å². The molecule has 3 heterocycles. The number of benzene rings is 2. The molecule has 3 N–H and O–H groups in total. The van der Waals surface area contributed by atoms with Gasteiger partial charge in [-0.25, -0.2) is 4.98 Å². The molecule has 5 aromatic rings. The van der Waals surface area contributed by atoms with Crippen LogP contribution in [0, 0.1) is 6.92 Å². The molecule has 2 amide bonds. The fourth-order valence-corrected chi connectivity index (χ4v) is 6.44. The highest BCUT2D eigenvalue weighted by Gasteiger charge is 2.28. The Morgan fingerprint density at radius 3 is 2.62 bits per heavy atom. The topological polar surface area (TPSA) is 101 Å². The van der Waals surface area contributed by atoms with Crippen molar-refractivity contribution in [1.82, 2.24) is 25.2 Å². The van der Waals surface area contributed by atoms with Crippen LogP contribution in [0.5, 0.6) is 11.5 Å². The molecule has 1 aliphatic rings. The van der Waals surface area contributed by atoms with Gasteiger partial charge < -0.3 is 20.4 Å². The van der Waals surface area contributed by atoms with E-state index in [4.69, 9.17) is 4.74 Å². The third kappa shape index (κ3) is 4.80. The van der Waals surface area contributed by atoms with Crippen LogP contribution in [0.2, 0.25) is 0 Å². The van der Waals surface area contributed by atoms with Crippen molar-refractivity contribution in [1.29, 1.82) is 0 Å². The largest absolute Gasteiger partial charge is 0.457 e. The number of amides is 2. The zero-order chi connectivity index (χ0) is 27.8. The second kappa shape index (κ2) is 10.5. The van der Waals surface area contributed by atoms with E-state index < -0.39 is 0 Å². The van der Waals surface area contributed by atoms with Gasteiger partial charge in [-0.2, -0.15) is 0 Å². The van der Waals surface area contributed by atoms with Gasteiger partial charge in [0.1, 0.15) is 26.7 Å². The summed E-state index contributed by atoms with van der Waals surface area (Å²) in [5, 5.41) is 6.97. The number of aromatic nitrogens is 3. The zero-order valence-electron chi connectivity index (χ0n) is 22.1. The summed E-state index contributed by atoms with van der Waals surface area (Å²) in [6, 6.07) is 17.6. The minimum atomic E-state index is -0.189. The second-order valence-electron chi connectivity index (χ2n) is 9.98. The van der Waals surface area contributed by atoms with Crippen LogP contribution in [0.4, 0.5) is 0 Å². The lowest BCUT2D eigenvalue weighted by Gasteiger charge is -2.17. The van der Waals surface area contributed by atoms with Crippen molar-refractivity contribution in [3.05, 3.63) is 89.4 Å². The number of hydrogen-bond acceptors (Lipinski definition) is 5. The summed E-state index contributed by atoms with van der Waals surface area (Å²) >= 11 is 1.36. The van der Waals surface area contributed by atoms with Gasteiger partial charge in [0.25, 0.3) is 5.91 Å². The van der Waals surface area contributed by atoms with E-state index >= 15 is 0 Å². The van der Waals surface area contributed by atoms with Crippen LogP contribution in [-0.4, -0.2) is 38.4 Å². The Hall–Kier alpha value is -4.63. The number of ether oxygens (including phenoxy) is 1. The summed E-state index contributed by atoms with van der Waals surface area (Å²) < 4.78 is 8.08. The van der Waals surface area contributed by atoms with Gasteiger partial charge in [0.15, 0.2) is 0 Å². The predicted octanol–water partition coefficient (Wildman–Crippen LogP) is 5.31. The van der Waals surface area contributed by atoms with E-state index in [-0.39, 0.29) is 23.9 Å². The average Bonchev–Trinajstić information content (AvgIpc) is 3.55. The first-order chi connectivity index (χ1) is 19.4. The first-order valence-corrected chi connectivity index (χ1v) is 14.0. The van der Waals surface area contributed by atoms with E-state index in [0.29, 0.717) is 16.8 Å².